The van der Waals surface area contributed by atoms with E-state index in [9.17, 15) is 0 Å². The van der Waals surface area contributed by atoms with E-state index in [1.54, 1.807) is 20.8 Å². The van der Waals surface area contributed by atoms with Gasteiger partial charge in [0.1, 0.15) is 0 Å². The van der Waals surface area contributed by atoms with Crippen LogP contribution in [0.15, 0.2) is 0 Å². The van der Waals surface area contributed by atoms with Gasteiger partial charge < -0.3 is 0 Å². The van der Waals surface area contributed by atoms with Gasteiger partial charge in [0.2, 0.25) is 0 Å². The average molecular weight is 502 g/mol. The number of hydrogen-bond acceptors (Lipinski definition) is 0. The molecule has 0 aliphatic heterocycles. The molecule has 0 aliphatic carbocycles. The molecular weight excluding hydrogens is 475 g/mol. The van der Waals surface area contributed by atoms with Crippen LogP contribution in [-0.2, 0) is 0 Å². The number of halogens is 1. The molecule has 14 heavy (non-hydrogen) atoms. The molecule has 0 aromatic carbocycles. The van der Waals surface area contributed by atoms with Crippen molar-refractivity contribution >= 4 is 36.2 Å². The summed E-state index contributed by atoms with van der Waals surface area (Å²) < 4.78 is 3.35. The van der Waals surface area contributed by atoms with Crippen LogP contribution < -0.4 is 0 Å². The van der Waals surface area contributed by atoms with Crippen LogP contribution in [0.25, 0.3) is 0 Å². The summed E-state index contributed by atoms with van der Waals surface area (Å²) in [6.07, 6.45) is 11.8. The van der Waals surface area contributed by atoms with Crippen molar-refractivity contribution in [1.29, 1.82) is 0 Å². The molecule has 0 aromatic heterocycles. The Morgan fingerprint density at radius 1 is 0.714 bits per heavy atom. The zero-order valence-corrected chi connectivity index (χ0v) is 16.7. The number of hydrogen-bond donors (Lipinski definition) is 0. The van der Waals surface area contributed by atoms with Crippen molar-refractivity contribution in [1.82, 2.24) is 0 Å². The maximum atomic E-state index is 2.87. The minimum atomic E-state index is -1.08. The first-order valence-electron chi connectivity index (χ1n) is 6.45. The molecule has 2 heteroatoms. The minimum absolute atomic E-state index is 1.08. The van der Waals surface area contributed by atoms with Crippen LogP contribution in [0.1, 0.15) is 65.2 Å². The third-order valence-electron chi connectivity index (χ3n) is 2.74. The fourth-order valence-corrected chi connectivity index (χ4v) is 16.3. The van der Waals surface area contributed by atoms with Crippen molar-refractivity contribution in [2.45, 2.75) is 73.2 Å². The predicted octanol–water partition coefficient (Wildman–Crippen LogP) is 5.57. The Labute approximate surface area is 108 Å². The van der Waals surface area contributed by atoms with Crippen molar-refractivity contribution in [2.75, 3.05) is 0 Å². The summed E-state index contributed by atoms with van der Waals surface area (Å²) >= 11 is 1.79. The number of unbranched alkanes of at least 4 members (excludes halogenated alkanes) is 6. The monoisotopic (exact) mass is 502 g/mol. The standard InChI is InChI=1S/2C6H13.HI.Tl/c2*1-3-5-6-4-2;;/h2*1,3-6H2,2H3;1H;/q;;;+1/p-1. The van der Waals surface area contributed by atoms with Gasteiger partial charge in [-0.25, -0.2) is 0 Å². The van der Waals surface area contributed by atoms with Crippen LogP contribution in [0.3, 0.4) is 0 Å². The van der Waals surface area contributed by atoms with Gasteiger partial charge in [0, 0.05) is 0 Å². The molecule has 0 spiro atoms. The average Bonchev–Trinajstić information content (AvgIpc) is 2.19. The molecule has 0 unspecified atom stereocenters. The molecule has 0 radical (unpaired) electrons. The molecule has 0 amide bonds. The Bertz CT molecular complexity index is 94.5. The van der Waals surface area contributed by atoms with Crippen LogP contribution in [0, 0.1) is 0 Å². The molecule has 84 valence electrons. The molecule has 0 heterocycles. The molecule has 0 rings (SSSR count). The van der Waals surface area contributed by atoms with Crippen LogP contribution in [-0.4, -0.2) is 18.4 Å². The summed E-state index contributed by atoms with van der Waals surface area (Å²) in [5.41, 5.74) is 0. The molecule has 0 aliphatic rings. The number of rotatable bonds is 10. The van der Waals surface area contributed by atoms with Gasteiger partial charge in [-0.3, -0.25) is 0 Å². The molecule has 0 aromatic rings. The van der Waals surface area contributed by atoms with E-state index in [1.165, 1.54) is 38.5 Å². The fourth-order valence-electron chi connectivity index (χ4n) is 1.73. The van der Waals surface area contributed by atoms with Gasteiger partial charge in [0.05, 0.1) is 0 Å². The summed E-state index contributed by atoms with van der Waals surface area (Å²) in [6.45, 7) is 4.60. The Hall–Kier alpha value is 1.65. The van der Waals surface area contributed by atoms with Gasteiger partial charge in [0.15, 0.2) is 0 Å². The second-order valence-electron chi connectivity index (χ2n) is 4.30. The van der Waals surface area contributed by atoms with E-state index >= 15 is 0 Å². The second-order valence-corrected chi connectivity index (χ2v) is 28.9. The van der Waals surface area contributed by atoms with E-state index in [-0.39, 0.29) is 0 Å². The third-order valence-corrected chi connectivity index (χ3v) is 21.7. The van der Waals surface area contributed by atoms with E-state index < -0.39 is 18.4 Å². The van der Waals surface area contributed by atoms with Crippen molar-refractivity contribution in [3.8, 4) is 0 Å². The molecule has 0 atom stereocenters. The molecule has 0 nitrogen and oxygen atoms in total. The Morgan fingerprint density at radius 2 is 1.14 bits per heavy atom. The topological polar surface area (TPSA) is 0 Å². The van der Waals surface area contributed by atoms with Gasteiger partial charge in [0.25, 0.3) is 0 Å². The first-order chi connectivity index (χ1) is 6.81. The molecule has 0 fully saturated rings. The third kappa shape index (κ3) is 11.7. The quantitative estimate of drug-likeness (QED) is 0.209. The van der Waals surface area contributed by atoms with E-state index in [4.69, 9.17) is 0 Å². The Balaban J connectivity index is 3.07. The van der Waals surface area contributed by atoms with Crippen molar-refractivity contribution in [3.05, 3.63) is 0 Å². The molecule has 0 saturated carbocycles. The second kappa shape index (κ2) is 12.7. The van der Waals surface area contributed by atoms with E-state index in [0.29, 0.717) is 0 Å². The summed E-state index contributed by atoms with van der Waals surface area (Å²) in [5, 5.41) is 0. The van der Waals surface area contributed by atoms with E-state index in [1.807, 2.05) is 0 Å². The van der Waals surface area contributed by atoms with E-state index in [0.717, 1.165) is 0 Å². The van der Waals surface area contributed by atoms with E-state index in [2.05, 4.69) is 31.6 Å². The Kier molecular flexibility index (Phi) is 14.2. The summed E-state index contributed by atoms with van der Waals surface area (Å²) in [5.74, 6) is 0. The first kappa shape index (κ1) is 15.7. The van der Waals surface area contributed by atoms with Crippen LogP contribution in [0.5, 0.6) is 0 Å². The van der Waals surface area contributed by atoms with Crippen molar-refractivity contribution in [2.24, 2.45) is 0 Å². The maximum absolute atomic E-state index is 2.87. The predicted molar refractivity (Wildman–Crippen MR) is 77.7 cm³/mol. The molecular formula is C12H26ITl. The summed E-state index contributed by atoms with van der Waals surface area (Å²) in [7, 11) is 0. The van der Waals surface area contributed by atoms with Gasteiger partial charge in [-0.1, -0.05) is 0 Å². The fraction of sp³-hybridized carbons (Fsp3) is 1.00. The Morgan fingerprint density at radius 3 is 1.50 bits per heavy atom. The van der Waals surface area contributed by atoms with Crippen molar-refractivity contribution < 1.29 is 0 Å². The van der Waals surface area contributed by atoms with Gasteiger partial charge in [-0.05, 0) is 0 Å². The van der Waals surface area contributed by atoms with Gasteiger partial charge >= 0.3 is 109 Å². The molecule has 0 N–H and O–H groups in total. The summed E-state index contributed by atoms with van der Waals surface area (Å²) in [4.78, 5) is 0. The SMILES string of the molecule is CCCCC[CH2][Tl]([I])[CH2]CCCCC. The van der Waals surface area contributed by atoms with Crippen LogP contribution >= 0.6 is 17.8 Å². The summed E-state index contributed by atoms with van der Waals surface area (Å²) in [6, 6.07) is 0. The van der Waals surface area contributed by atoms with Crippen molar-refractivity contribution in [3.63, 3.8) is 0 Å². The first-order valence-corrected chi connectivity index (χ1v) is 25.4. The zero-order valence-electron chi connectivity index (χ0n) is 10.0. The normalized spacial score (nSPS) is 10.5. The van der Waals surface area contributed by atoms with Crippen LogP contribution in [0.2, 0.25) is 7.96 Å². The van der Waals surface area contributed by atoms with Gasteiger partial charge in [-0.2, -0.15) is 0 Å². The van der Waals surface area contributed by atoms with Gasteiger partial charge in [-0.15, -0.1) is 0 Å². The van der Waals surface area contributed by atoms with Crippen LogP contribution in [0.4, 0.5) is 0 Å². The molecule has 0 saturated heterocycles. The molecule has 0 bridgehead atoms. The zero-order chi connectivity index (χ0) is 10.6.